The topological polar surface area (TPSA) is 138 Å². The summed E-state index contributed by atoms with van der Waals surface area (Å²) in [4.78, 5) is 14.5. The number of nitrogens with one attached hydrogen (secondary N) is 1. The Labute approximate surface area is 248 Å². The minimum atomic E-state index is -1.46. The number of fused-ring (bicyclic) bond motifs is 6. The summed E-state index contributed by atoms with van der Waals surface area (Å²) in [6.45, 7) is 9.60. The lowest BCUT2D eigenvalue weighted by Crippen LogP contribution is -2.60. The molecule has 234 valence electrons. The predicted octanol–water partition coefficient (Wildman–Crippen LogP) is 2.01. The van der Waals surface area contributed by atoms with Crippen molar-refractivity contribution in [3.63, 3.8) is 0 Å². The molecule has 3 saturated heterocycles. The third-order valence-electron chi connectivity index (χ3n) is 12.8. The van der Waals surface area contributed by atoms with Gasteiger partial charge in [-0.25, -0.2) is 0 Å². The van der Waals surface area contributed by atoms with Gasteiger partial charge in [-0.2, -0.15) is 0 Å². The number of hydrogen-bond acceptors (Lipinski definition) is 9. The van der Waals surface area contributed by atoms with Gasteiger partial charge in [-0.3, -0.25) is 4.79 Å². The van der Waals surface area contributed by atoms with Crippen LogP contribution in [0.1, 0.15) is 72.6 Å². The number of piperidine rings is 1. The van der Waals surface area contributed by atoms with Crippen LogP contribution in [0.3, 0.4) is 0 Å². The maximum Gasteiger partial charge on any atom is 0.186 e. The molecule has 7 aliphatic rings. The van der Waals surface area contributed by atoms with Crippen molar-refractivity contribution in [1.82, 2.24) is 5.32 Å². The molecule has 0 aromatic carbocycles. The van der Waals surface area contributed by atoms with Gasteiger partial charge in [0.15, 0.2) is 12.1 Å². The number of aliphatic hydroxyl groups excluding tert-OH is 4. The molecule has 0 aromatic heterocycles. The van der Waals surface area contributed by atoms with E-state index in [0.717, 1.165) is 44.2 Å². The first kappa shape index (κ1) is 29.5. The van der Waals surface area contributed by atoms with Crippen molar-refractivity contribution in [3.05, 3.63) is 22.8 Å². The SMILES string of the molecule is CC1=C2C(=O)[C@H]3[C@H](CC=C4C[C@H](O[C@H]5O[C@H](CO)[C@@H](O)[C@H](O)[C@H]5O)CC[C@]43C)[C@@H]2CC[C@]12O[C@H]1C[C@H](C)CN[C@H]1[C@H]2C. The molecule has 5 N–H and O–H groups in total. The maximum absolute atomic E-state index is 14.5. The van der Waals surface area contributed by atoms with Crippen LogP contribution in [0, 0.1) is 35.0 Å². The van der Waals surface area contributed by atoms with Crippen molar-refractivity contribution in [3.8, 4) is 0 Å². The number of allylic oxidation sites excluding steroid dienone is 2. The Morgan fingerprint density at radius 1 is 1.12 bits per heavy atom. The molecule has 2 saturated carbocycles. The number of ketones is 1. The van der Waals surface area contributed by atoms with Crippen LogP contribution in [0.15, 0.2) is 22.8 Å². The highest BCUT2D eigenvalue weighted by Gasteiger charge is 2.63. The molecular weight excluding hydrogens is 538 g/mol. The van der Waals surface area contributed by atoms with Gasteiger partial charge in [-0.15, -0.1) is 0 Å². The molecule has 1 spiro atoms. The van der Waals surface area contributed by atoms with Gasteiger partial charge >= 0.3 is 0 Å². The van der Waals surface area contributed by atoms with Gasteiger partial charge in [-0.05, 0) is 87.2 Å². The molecule has 0 bridgehead atoms. The summed E-state index contributed by atoms with van der Waals surface area (Å²) >= 11 is 0. The molecule has 9 heteroatoms. The normalized spacial score (nSPS) is 53.9. The summed E-state index contributed by atoms with van der Waals surface area (Å²) in [6, 6.07) is 0.344. The van der Waals surface area contributed by atoms with E-state index in [1.807, 2.05) is 0 Å². The van der Waals surface area contributed by atoms with E-state index in [2.05, 4.69) is 39.1 Å². The highest BCUT2D eigenvalue weighted by Crippen LogP contribution is 2.64. The van der Waals surface area contributed by atoms with Gasteiger partial charge in [0.2, 0.25) is 0 Å². The van der Waals surface area contributed by atoms with Crippen LogP contribution in [0.25, 0.3) is 0 Å². The molecule has 0 radical (unpaired) electrons. The second-order valence-corrected chi connectivity index (χ2v) is 14.9. The second kappa shape index (κ2) is 10.4. The van der Waals surface area contributed by atoms with Crippen molar-refractivity contribution in [1.29, 1.82) is 0 Å². The lowest BCUT2D eigenvalue weighted by molar-refractivity contribution is -0.312. The molecule has 5 fully saturated rings. The van der Waals surface area contributed by atoms with Crippen LogP contribution in [0.2, 0.25) is 0 Å². The van der Waals surface area contributed by atoms with Gasteiger partial charge < -0.3 is 40.0 Å². The van der Waals surface area contributed by atoms with Crippen molar-refractivity contribution in [2.45, 2.75) is 127 Å². The van der Waals surface area contributed by atoms with Crippen LogP contribution in [0.5, 0.6) is 0 Å². The average Bonchev–Trinajstić information content (AvgIpc) is 3.42. The Bertz CT molecular complexity index is 1170. The van der Waals surface area contributed by atoms with E-state index >= 15 is 0 Å². The fourth-order valence-corrected chi connectivity index (χ4v) is 10.4. The van der Waals surface area contributed by atoms with E-state index in [4.69, 9.17) is 14.2 Å². The molecule has 9 nitrogen and oxygen atoms in total. The Morgan fingerprint density at radius 2 is 1.90 bits per heavy atom. The monoisotopic (exact) mass is 587 g/mol. The van der Waals surface area contributed by atoms with E-state index in [-0.39, 0.29) is 35.1 Å². The first-order valence-corrected chi connectivity index (χ1v) is 16.3. The lowest BCUT2D eigenvalue weighted by Gasteiger charge is -2.49. The number of Topliss-reactive ketones (excluding diaryl/α,β-unsaturated/α-hetero) is 1. The fourth-order valence-electron chi connectivity index (χ4n) is 10.4. The number of aliphatic hydroxyl groups is 4. The molecule has 0 unspecified atom stereocenters. The fraction of sp³-hybridized carbons (Fsp3) is 0.848. The molecule has 0 aromatic rings. The van der Waals surface area contributed by atoms with Gasteiger partial charge in [0.1, 0.15) is 24.4 Å². The van der Waals surface area contributed by atoms with Crippen molar-refractivity contribution in [2.75, 3.05) is 13.2 Å². The third kappa shape index (κ3) is 4.14. The average molecular weight is 588 g/mol. The molecule has 0 amide bonds. The maximum atomic E-state index is 14.5. The van der Waals surface area contributed by atoms with E-state index < -0.39 is 37.3 Å². The first-order chi connectivity index (χ1) is 20.0. The molecule has 4 aliphatic carbocycles. The van der Waals surface area contributed by atoms with Gasteiger partial charge in [0.25, 0.3) is 0 Å². The number of carbonyl (C=O) groups is 1. The van der Waals surface area contributed by atoms with Crippen molar-refractivity contribution >= 4 is 5.78 Å². The number of rotatable bonds is 3. The lowest BCUT2D eigenvalue weighted by atomic mass is 9.56. The summed E-state index contributed by atoms with van der Waals surface area (Å²) in [6.07, 6.45) is 1.93. The summed E-state index contributed by atoms with van der Waals surface area (Å²) in [5, 5.41) is 44.2. The Morgan fingerprint density at radius 3 is 2.67 bits per heavy atom. The van der Waals surface area contributed by atoms with Crippen molar-refractivity contribution < 1.29 is 39.4 Å². The molecule has 3 aliphatic heterocycles. The highest BCUT2D eigenvalue weighted by atomic mass is 16.7. The van der Waals surface area contributed by atoms with Gasteiger partial charge in [-0.1, -0.05) is 32.4 Å². The number of carbonyl (C=O) groups excluding carboxylic acids is 1. The summed E-state index contributed by atoms with van der Waals surface area (Å²) in [5.74, 6) is 1.81. The smallest absolute Gasteiger partial charge is 0.186 e. The standard InChI is InChI=1S/C33H49NO8/c1-15-11-22-26(34-13-15)17(3)33(42-22)10-8-20-21-6-5-18-12-19(40-31-30(39)29(38)27(36)23(14-35)41-31)7-9-32(18,4)25(21)28(37)24(20)16(33)2/h5,15,17,19-23,25-27,29-31,34-36,38-39H,6-14H2,1-4H3/t15-,17+,19+,20-,21+,22-,23+,25+,26-,27+,29-,30+,31-,32+,33-/m0/s1. The number of ether oxygens (including phenoxy) is 3. The van der Waals surface area contributed by atoms with Gasteiger partial charge in [0.05, 0.1) is 24.4 Å². The van der Waals surface area contributed by atoms with Crippen LogP contribution in [0.4, 0.5) is 0 Å². The molecule has 15 atom stereocenters. The van der Waals surface area contributed by atoms with E-state index in [9.17, 15) is 25.2 Å². The zero-order chi connectivity index (χ0) is 29.7. The summed E-state index contributed by atoms with van der Waals surface area (Å²) in [7, 11) is 0. The Hall–Kier alpha value is -1.17. The summed E-state index contributed by atoms with van der Waals surface area (Å²) in [5.41, 5.74) is 2.89. The van der Waals surface area contributed by atoms with Gasteiger partial charge in [0, 0.05) is 23.5 Å². The van der Waals surface area contributed by atoms with E-state index in [1.54, 1.807) is 0 Å². The zero-order valence-electron chi connectivity index (χ0n) is 25.4. The second-order valence-electron chi connectivity index (χ2n) is 14.9. The van der Waals surface area contributed by atoms with Crippen LogP contribution in [-0.2, 0) is 19.0 Å². The first-order valence-electron chi connectivity index (χ1n) is 16.3. The minimum Gasteiger partial charge on any atom is -0.394 e. The van der Waals surface area contributed by atoms with Crippen LogP contribution < -0.4 is 5.32 Å². The minimum absolute atomic E-state index is 0.0482. The largest absolute Gasteiger partial charge is 0.394 e. The molecular formula is C33H49NO8. The van der Waals surface area contributed by atoms with E-state index in [1.165, 1.54) is 11.1 Å². The summed E-state index contributed by atoms with van der Waals surface area (Å²) < 4.78 is 18.8. The van der Waals surface area contributed by atoms with Crippen LogP contribution >= 0.6 is 0 Å². The number of hydrogen-bond donors (Lipinski definition) is 5. The Balaban J connectivity index is 1.11. The van der Waals surface area contributed by atoms with Crippen LogP contribution in [-0.4, -0.2) is 93.9 Å². The third-order valence-corrected chi connectivity index (χ3v) is 12.8. The van der Waals surface area contributed by atoms with Crippen molar-refractivity contribution in [2.24, 2.45) is 35.0 Å². The molecule has 3 heterocycles. The molecule has 7 rings (SSSR count). The zero-order valence-corrected chi connectivity index (χ0v) is 25.4. The predicted molar refractivity (Wildman–Crippen MR) is 153 cm³/mol. The Kier molecular flexibility index (Phi) is 7.34. The van der Waals surface area contributed by atoms with E-state index in [0.29, 0.717) is 42.4 Å². The quantitative estimate of drug-likeness (QED) is 0.314. The molecule has 42 heavy (non-hydrogen) atoms. The highest BCUT2D eigenvalue weighted by molar-refractivity contribution is 6.02.